The highest BCUT2D eigenvalue weighted by molar-refractivity contribution is 5.27. The molecule has 20 heavy (non-hydrogen) atoms. The summed E-state index contributed by atoms with van der Waals surface area (Å²) in [5.74, 6) is 0.992. The van der Waals surface area contributed by atoms with E-state index in [0.29, 0.717) is 5.54 Å². The van der Waals surface area contributed by atoms with Crippen molar-refractivity contribution >= 4 is 0 Å². The number of ether oxygens (including phenoxy) is 1. The van der Waals surface area contributed by atoms with Crippen LogP contribution in [0.5, 0.6) is 5.75 Å². The van der Waals surface area contributed by atoms with Gasteiger partial charge in [0.05, 0.1) is 6.61 Å². The number of rotatable bonds is 6. The second-order valence-electron chi connectivity index (χ2n) is 6.17. The van der Waals surface area contributed by atoms with Crippen LogP contribution in [-0.2, 0) is 0 Å². The van der Waals surface area contributed by atoms with Crippen LogP contribution in [0.1, 0.15) is 31.7 Å². The number of piperidine rings is 1. The van der Waals surface area contributed by atoms with Gasteiger partial charge in [-0.15, -0.1) is 0 Å². The average molecular weight is 276 g/mol. The Hall–Kier alpha value is -1.06. The molecule has 0 amide bonds. The smallest absolute Gasteiger partial charge is 0.119 e. The Morgan fingerprint density at radius 3 is 2.70 bits per heavy atom. The molecule has 3 nitrogen and oxygen atoms in total. The molecule has 3 heteroatoms. The maximum absolute atomic E-state index is 5.80. The van der Waals surface area contributed by atoms with Crippen LogP contribution < -0.4 is 10.1 Å². The molecule has 0 radical (unpaired) electrons. The van der Waals surface area contributed by atoms with Crippen LogP contribution in [0.15, 0.2) is 24.3 Å². The van der Waals surface area contributed by atoms with Gasteiger partial charge in [-0.2, -0.15) is 0 Å². The van der Waals surface area contributed by atoms with E-state index in [-0.39, 0.29) is 0 Å². The number of nitrogens with one attached hydrogen (secondary N) is 1. The van der Waals surface area contributed by atoms with E-state index in [9.17, 15) is 0 Å². The number of aryl methyl sites for hydroxylation is 1. The second-order valence-corrected chi connectivity index (χ2v) is 6.17. The van der Waals surface area contributed by atoms with E-state index in [2.05, 4.69) is 43.2 Å². The summed E-state index contributed by atoms with van der Waals surface area (Å²) in [5.41, 5.74) is 1.60. The van der Waals surface area contributed by atoms with Gasteiger partial charge in [-0.3, -0.25) is 0 Å². The highest BCUT2D eigenvalue weighted by Gasteiger charge is 2.27. The van der Waals surface area contributed by atoms with Crippen molar-refractivity contribution in [2.24, 2.45) is 0 Å². The molecule has 0 saturated carbocycles. The van der Waals surface area contributed by atoms with E-state index in [0.717, 1.165) is 25.3 Å². The zero-order chi connectivity index (χ0) is 14.4. The van der Waals surface area contributed by atoms with Gasteiger partial charge in [0.25, 0.3) is 0 Å². The first-order valence-electron chi connectivity index (χ1n) is 7.72. The summed E-state index contributed by atoms with van der Waals surface area (Å²) in [4.78, 5) is 2.55. The summed E-state index contributed by atoms with van der Waals surface area (Å²) < 4.78 is 5.80. The fourth-order valence-corrected chi connectivity index (χ4v) is 2.70. The first-order valence-corrected chi connectivity index (χ1v) is 7.72. The fourth-order valence-electron chi connectivity index (χ4n) is 2.70. The van der Waals surface area contributed by atoms with E-state index in [1.54, 1.807) is 0 Å². The first kappa shape index (κ1) is 15.3. The Balaban J connectivity index is 1.63. The summed E-state index contributed by atoms with van der Waals surface area (Å²) in [6.45, 7) is 8.77. The summed E-state index contributed by atoms with van der Waals surface area (Å²) >= 11 is 0. The average Bonchev–Trinajstić information content (AvgIpc) is 2.46. The normalized spacial score (nSPS) is 18.9. The van der Waals surface area contributed by atoms with Crippen LogP contribution >= 0.6 is 0 Å². The van der Waals surface area contributed by atoms with Crippen LogP contribution in [0.2, 0.25) is 0 Å². The van der Waals surface area contributed by atoms with Crippen LogP contribution in [-0.4, -0.2) is 43.7 Å². The Bertz CT molecular complexity index is 411. The van der Waals surface area contributed by atoms with E-state index in [4.69, 9.17) is 4.74 Å². The largest absolute Gasteiger partial charge is 0.494 e. The topological polar surface area (TPSA) is 24.5 Å². The molecule has 0 atom stereocenters. The molecule has 0 aromatic heterocycles. The van der Waals surface area contributed by atoms with Crippen molar-refractivity contribution in [3.8, 4) is 5.75 Å². The minimum absolute atomic E-state index is 0.342. The highest BCUT2D eigenvalue weighted by Crippen LogP contribution is 2.21. The molecule has 1 aliphatic rings. The number of hydrogen-bond acceptors (Lipinski definition) is 3. The van der Waals surface area contributed by atoms with Gasteiger partial charge in [0, 0.05) is 12.1 Å². The molecule has 1 saturated heterocycles. The van der Waals surface area contributed by atoms with Crippen molar-refractivity contribution < 1.29 is 4.74 Å². The van der Waals surface area contributed by atoms with E-state index in [1.165, 1.54) is 31.5 Å². The molecule has 0 unspecified atom stereocenters. The molecule has 112 valence electrons. The number of nitrogens with zero attached hydrogens (tertiary/aromatic N) is 1. The Kier molecular flexibility index (Phi) is 5.44. The van der Waals surface area contributed by atoms with Crippen molar-refractivity contribution in [2.75, 3.05) is 33.3 Å². The van der Waals surface area contributed by atoms with Crippen LogP contribution in [0.3, 0.4) is 0 Å². The quantitative estimate of drug-likeness (QED) is 0.809. The van der Waals surface area contributed by atoms with Gasteiger partial charge in [-0.05, 0) is 70.9 Å². The van der Waals surface area contributed by atoms with Gasteiger partial charge in [-0.1, -0.05) is 12.1 Å². The van der Waals surface area contributed by atoms with Crippen molar-refractivity contribution in [3.05, 3.63) is 29.8 Å². The molecule has 2 rings (SSSR count). The zero-order valence-corrected chi connectivity index (χ0v) is 13.1. The van der Waals surface area contributed by atoms with E-state index >= 15 is 0 Å². The lowest BCUT2D eigenvalue weighted by Crippen LogP contribution is -2.50. The minimum atomic E-state index is 0.342. The fraction of sp³-hybridized carbons (Fsp3) is 0.647. The first-order chi connectivity index (χ1) is 9.61. The molecular weight excluding hydrogens is 248 g/mol. The number of hydrogen-bond donors (Lipinski definition) is 1. The van der Waals surface area contributed by atoms with Gasteiger partial charge in [-0.25, -0.2) is 0 Å². The van der Waals surface area contributed by atoms with Crippen LogP contribution in [0.4, 0.5) is 0 Å². The maximum Gasteiger partial charge on any atom is 0.119 e. The second kappa shape index (κ2) is 7.09. The molecule has 1 fully saturated rings. The van der Waals surface area contributed by atoms with E-state index in [1.807, 2.05) is 12.1 Å². The van der Waals surface area contributed by atoms with E-state index < -0.39 is 0 Å². The molecule has 0 spiro atoms. The molecule has 1 heterocycles. The predicted molar refractivity (Wildman–Crippen MR) is 84.4 cm³/mol. The lowest BCUT2D eigenvalue weighted by molar-refractivity contribution is 0.144. The van der Waals surface area contributed by atoms with Crippen LogP contribution in [0, 0.1) is 6.92 Å². The molecule has 1 aromatic carbocycles. The van der Waals surface area contributed by atoms with Crippen molar-refractivity contribution in [1.82, 2.24) is 10.2 Å². The van der Waals surface area contributed by atoms with Gasteiger partial charge < -0.3 is 15.0 Å². The molecule has 1 N–H and O–H groups in total. The Morgan fingerprint density at radius 1 is 1.30 bits per heavy atom. The lowest BCUT2D eigenvalue weighted by Gasteiger charge is -2.39. The monoisotopic (exact) mass is 276 g/mol. The third kappa shape index (κ3) is 4.50. The molecule has 0 aliphatic carbocycles. The number of likely N-dealkylation sites (tertiary alicyclic amines) is 1. The third-order valence-corrected chi connectivity index (χ3v) is 4.44. The van der Waals surface area contributed by atoms with Crippen molar-refractivity contribution in [3.63, 3.8) is 0 Å². The van der Waals surface area contributed by atoms with Gasteiger partial charge >= 0.3 is 0 Å². The molecule has 0 bridgehead atoms. The Labute approximate surface area is 123 Å². The van der Waals surface area contributed by atoms with Crippen LogP contribution in [0.25, 0.3) is 0 Å². The SMILES string of the molecule is CNC1(C)CCN(CCCOc2cccc(C)c2)CC1. The Morgan fingerprint density at radius 2 is 2.05 bits per heavy atom. The lowest BCUT2D eigenvalue weighted by atomic mass is 9.90. The third-order valence-electron chi connectivity index (χ3n) is 4.44. The summed E-state index contributed by atoms with van der Waals surface area (Å²) in [6, 6.07) is 8.28. The summed E-state index contributed by atoms with van der Waals surface area (Å²) in [5, 5.41) is 3.44. The van der Waals surface area contributed by atoms with Crippen molar-refractivity contribution in [1.29, 1.82) is 0 Å². The van der Waals surface area contributed by atoms with Gasteiger partial charge in [0.1, 0.15) is 5.75 Å². The minimum Gasteiger partial charge on any atom is -0.494 e. The predicted octanol–water partition coefficient (Wildman–Crippen LogP) is 2.84. The van der Waals surface area contributed by atoms with Crippen molar-refractivity contribution in [2.45, 2.75) is 38.6 Å². The van der Waals surface area contributed by atoms with Gasteiger partial charge in [0.2, 0.25) is 0 Å². The number of benzene rings is 1. The summed E-state index contributed by atoms with van der Waals surface area (Å²) in [7, 11) is 2.07. The summed E-state index contributed by atoms with van der Waals surface area (Å²) in [6.07, 6.45) is 3.58. The molecule has 1 aromatic rings. The highest BCUT2D eigenvalue weighted by atomic mass is 16.5. The molecular formula is C17H28N2O. The zero-order valence-electron chi connectivity index (χ0n) is 13.1. The molecule has 1 aliphatic heterocycles. The maximum atomic E-state index is 5.80. The standard InChI is InChI=1S/C17H28N2O/c1-15-6-4-7-16(14-15)20-13-5-10-19-11-8-17(2,18-3)9-12-19/h4,6-7,14,18H,5,8-13H2,1-3H3. The van der Waals surface area contributed by atoms with Gasteiger partial charge in [0.15, 0.2) is 0 Å².